The third kappa shape index (κ3) is 2.77. The number of nitrogens with two attached hydrogens (primary N) is 1. The summed E-state index contributed by atoms with van der Waals surface area (Å²) in [6, 6.07) is 3.93. The molecule has 1 aromatic carbocycles. The molecule has 4 nitrogen and oxygen atoms in total. The zero-order valence-electron chi connectivity index (χ0n) is 10.6. The van der Waals surface area contributed by atoms with E-state index in [9.17, 15) is 5.11 Å². The molecule has 0 fully saturated rings. The summed E-state index contributed by atoms with van der Waals surface area (Å²) < 4.78 is 1.86. The molecule has 2 rings (SSSR count). The number of aliphatic hydroxyl groups is 1. The topological polar surface area (TPSA) is 64.1 Å². The van der Waals surface area contributed by atoms with Gasteiger partial charge in [0.05, 0.1) is 11.1 Å². The van der Waals surface area contributed by atoms with Gasteiger partial charge in [-0.1, -0.05) is 0 Å². The van der Waals surface area contributed by atoms with Crippen LogP contribution in [0.5, 0.6) is 0 Å². The van der Waals surface area contributed by atoms with E-state index in [4.69, 9.17) is 5.73 Å². The molecule has 1 heterocycles. The average Bonchev–Trinajstić information content (AvgIpc) is 2.57. The van der Waals surface area contributed by atoms with E-state index in [0.717, 1.165) is 22.2 Å². The molecular weight excluding hydrogens is 214 g/mol. The first-order valence-corrected chi connectivity index (χ1v) is 5.81. The number of aryl methyl sites for hydroxylation is 2. The average molecular weight is 233 g/mol. The maximum atomic E-state index is 9.68. The van der Waals surface area contributed by atoms with E-state index in [0.29, 0.717) is 13.0 Å². The second kappa shape index (κ2) is 4.04. The summed E-state index contributed by atoms with van der Waals surface area (Å²) in [6.07, 6.45) is 2.65. The monoisotopic (exact) mass is 233 g/mol. The van der Waals surface area contributed by atoms with Crippen molar-refractivity contribution in [3.8, 4) is 0 Å². The lowest BCUT2D eigenvalue weighted by atomic mass is 10.1. The smallest absolute Gasteiger partial charge is 0.0927 e. The maximum Gasteiger partial charge on any atom is 0.0927 e. The van der Waals surface area contributed by atoms with E-state index in [1.165, 1.54) is 0 Å². The van der Waals surface area contributed by atoms with Crippen LogP contribution in [0.15, 0.2) is 18.3 Å². The van der Waals surface area contributed by atoms with Gasteiger partial charge in [0.25, 0.3) is 0 Å². The maximum absolute atomic E-state index is 9.68. The third-order valence-electron chi connectivity index (χ3n) is 2.89. The van der Waals surface area contributed by atoms with Crippen LogP contribution in [-0.2, 0) is 6.54 Å². The van der Waals surface area contributed by atoms with Gasteiger partial charge in [0.2, 0.25) is 0 Å². The summed E-state index contributed by atoms with van der Waals surface area (Å²) in [5.41, 5.74) is 7.99. The Balaban J connectivity index is 2.26. The molecule has 4 heteroatoms. The van der Waals surface area contributed by atoms with E-state index in [-0.39, 0.29) is 0 Å². The number of nitrogens with zero attached hydrogens (tertiary/aromatic N) is 2. The summed E-state index contributed by atoms with van der Waals surface area (Å²) in [4.78, 5) is 0. The summed E-state index contributed by atoms with van der Waals surface area (Å²) >= 11 is 0. The van der Waals surface area contributed by atoms with Gasteiger partial charge < -0.3 is 10.8 Å². The van der Waals surface area contributed by atoms with E-state index in [1.54, 1.807) is 13.8 Å². The van der Waals surface area contributed by atoms with Gasteiger partial charge in [-0.05, 0) is 44.9 Å². The van der Waals surface area contributed by atoms with E-state index in [1.807, 2.05) is 29.9 Å². The highest BCUT2D eigenvalue weighted by atomic mass is 16.3. The molecule has 2 aromatic rings. The Bertz CT molecular complexity index is 498. The molecule has 0 bridgehead atoms. The van der Waals surface area contributed by atoms with Crippen molar-refractivity contribution in [1.29, 1.82) is 0 Å². The first-order valence-electron chi connectivity index (χ1n) is 5.81. The summed E-state index contributed by atoms with van der Waals surface area (Å²) in [7, 11) is 0. The van der Waals surface area contributed by atoms with Crippen molar-refractivity contribution < 1.29 is 5.11 Å². The summed E-state index contributed by atoms with van der Waals surface area (Å²) in [5, 5.41) is 15.2. The van der Waals surface area contributed by atoms with Gasteiger partial charge in [0, 0.05) is 23.8 Å². The van der Waals surface area contributed by atoms with Crippen LogP contribution in [0.4, 0.5) is 5.69 Å². The SMILES string of the molecule is Cc1cc2nn(CCC(C)(C)O)cc2cc1N. The molecule has 0 saturated heterocycles. The fraction of sp³-hybridized carbons (Fsp3) is 0.462. The minimum absolute atomic E-state index is 0.660. The fourth-order valence-corrected chi connectivity index (χ4v) is 1.75. The Morgan fingerprint density at radius 3 is 2.76 bits per heavy atom. The number of hydrogen-bond donors (Lipinski definition) is 2. The van der Waals surface area contributed by atoms with Crippen LogP contribution < -0.4 is 5.73 Å². The van der Waals surface area contributed by atoms with Crippen molar-refractivity contribution in [1.82, 2.24) is 9.78 Å². The van der Waals surface area contributed by atoms with Crippen molar-refractivity contribution in [3.05, 3.63) is 23.9 Å². The highest BCUT2D eigenvalue weighted by Gasteiger charge is 2.12. The molecule has 0 aliphatic carbocycles. The Morgan fingerprint density at radius 2 is 2.12 bits per heavy atom. The molecule has 0 unspecified atom stereocenters. The number of anilines is 1. The summed E-state index contributed by atoms with van der Waals surface area (Å²) in [5.74, 6) is 0. The standard InChI is InChI=1S/C13H19N3O/c1-9-6-12-10(7-11(9)14)8-16(15-12)5-4-13(2,3)17/h6-8,17H,4-5,14H2,1-3H3. The highest BCUT2D eigenvalue weighted by molar-refractivity contribution is 5.83. The number of fused-ring (bicyclic) bond motifs is 1. The molecule has 92 valence electrons. The van der Waals surface area contributed by atoms with Crippen LogP contribution >= 0.6 is 0 Å². The van der Waals surface area contributed by atoms with E-state index < -0.39 is 5.60 Å². The van der Waals surface area contributed by atoms with Gasteiger partial charge in [-0.15, -0.1) is 0 Å². The zero-order valence-corrected chi connectivity index (χ0v) is 10.6. The van der Waals surface area contributed by atoms with Crippen LogP contribution in [0.3, 0.4) is 0 Å². The minimum atomic E-state index is -0.660. The number of benzene rings is 1. The highest BCUT2D eigenvalue weighted by Crippen LogP contribution is 2.20. The van der Waals surface area contributed by atoms with Crippen LogP contribution in [0.25, 0.3) is 10.9 Å². The normalized spacial score (nSPS) is 12.2. The van der Waals surface area contributed by atoms with Crippen LogP contribution in [0, 0.1) is 6.92 Å². The largest absolute Gasteiger partial charge is 0.398 e. The van der Waals surface area contributed by atoms with Crippen LogP contribution in [0.1, 0.15) is 25.8 Å². The predicted octanol–water partition coefficient (Wildman–Crippen LogP) is 2.09. The molecule has 0 atom stereocenters. The van der Waals surface area contributed by atoms with E-state index >= 15 is 0 Å². The third-order valence-corrected chi connectivity index (χ3v) is 2.89. The van der Waals surface area contributed by atoms with Crippen molar-refractivity contribution in [3.63, 3.8) is 0 Å². The van der Waals surface area contributed by atoms with Gasteiger partial charge in [-0.2, -0.15) is 5.10 Å². The summed E-state index contributed by atoms with van der Waals surface area (Å²) in [6.45, 7) is 6.29. The van der Waals surface area contributed by atoms with Crippen molar-refractivity contribution in [2.24, 2.45) is 0 Å². The van der Waals surface area contributed by atoms with Gasteiger partial charge in [0.1, 0.15) is 0 Å². The number of nitrogen functional groups attached to an aromatic ring is 1. The van der Waals surface area contributed by atoms with Gasteiger partial charge in [0.15, 0.2) is 0 Å². The van der Waals surface area contributed by atoms with Crippen molar-refractivity contribution >= 4 is 16.6 Å². The lowest BCUT2D eigenvalue weighted by Crippen LogP contribution is -2.21. The first kappa shape index (κ1) is 11.9. The fourth-order valence-electron chi connectivity index (χ4n) is 1.75. The lowest BCUT2D eigenvalue weighted by Gasteiger charge is -2.16. The molecule has 17 heavy (non-hydrogen) atoms. The quantitative estimate of drug-likeness (QED) is 0.798. The Kier molecular flexibility index (Phi) is 2.83. The number of aromatic nitrogens is 2. The number of hydrogen-bond acceptors (Lipinski definition) is 3. The van der Waals surface area contributed by atoms with E-state index in [2.05, 4.69) is 5.10 Å². The molecule has 0 radical (unpaired) electrons. The molecule has 3 N–H and O–H groups in total. The molecule has 0 aliphatic rings. The van der Waals surface area contributed by atoms with Crippen molar-refractivity contribution in [2.75, 3.05) is 5.73 Å². The molecular formula is C13H19N3O. The molecule has 0 aliphatic heterocycles. The molecule has 0 amide bonds. The minimum Gasteiger partial charge on any atom is -0.398 e. The second-order valence-corrected chi connectivity index (χ2v) is 5.22. The predicted molar refractivity (Wildman–Crippen MR) is 69.8 cm³/mol. The van der Waals surface area contributed by atoms with Gasteiger partial charge >= 0.3 is 0 Å². The Hall–Kier alpha value is -1.55. The number of rotatable bonds is 3. The van der Waals surface area contributed by atoms with Gasteiger partial charge in [-0.25, -0.2) is 0 Å². The molecule has 0 spiro atoms. The van der Waals surface area contributed by atoms with Crippen LogP contribution in [-0.4, -0.2) is 20.5 Å². The van der Waals surface area contributed by atoms with Crippen LogP contribution in [0.2, 0.25) is 0 Å². The lowest BCUT2D eigenvalue weighted by molar-refractivity contribution is 0.0651. The zero-order chi connectivity index (χ0) is 12.6. The second-order valence-electron chi connectivity index (χ2n) is 5.22. The molecule has 0 saturated carbocycles. The molecule has 1 aromatic heterocycles. The van der Waals surface area contributed by atoms with Crippen molar-refractivity contribution in [2.45, 2.75) is 39.3 Å². The Morgan fingerprint density at radius 1 is 1.41 bits per heavy atom. The first-order chi connectivity index (χ1) is 7.85. The van der Waals surface area contributed by atoms with Gasteiger partial charge in [-0.3, -0.25) is 4.68 Å². The Labute approximate surface area is 101 Å².